The van der Waals surface area contributed by atoms with Crippen LogP contribution in [0.2, 0.25) is 5.02 Å². The maximum Gasteiger partial charge on any atom is 0.191 e. The summed E-state index contributed by atoms with van der Waals surface area (Å²) in [6.07, 6.45) is 2.81. The number of aliphatic imine (C=N–C) groups is 1. The van der Waals surface area contributed by atoms with Gasteiger partial charge in [0.2, 0.25) is 0 Å². The average Bonchev–Trinajstić information content (AvgIpc) is 3.19. The van der Waals surface area contributed by atoms with Gasteiger partial charge >= 0.3 is 0 Å². The summed E-state index contributed by atoms with van der Waals surface area (Å²) in [4.78, 5) is 13.1. The lowest BCUT2D eigenvalue weighted by Gasteiger charge is -2.23. The lowest BCUT2D eigenvalue weighted by Crippen LogP contribution is -2.44. The van der Waals surface area contributed by atoms with Crippen LogP contribution in [0.1, 0.15) is 12.0 Å². The monoisotopic (exact) mass is 544 g/mol. The molecule has 0 amide bonds. The first-order valence-corrected chi connectivity index (χ1v) is 10.1. The molecule has 2 N–H and O–H groups in total. The number of methoxy groups -OCH3 is 1. The molecule has 1 aliphatic heterocycles. The van der Waals surface area contributed by atoms with E-state index in [-0.39, 0.29) is 30.0 Å². The molecule has 7 nitrogen and oxygen atoms in total. The second kappa shape index (κ2) is 11.5. The van der Waals surface area contributed by atoms with Gasteiger partial charge in [0.05, 0.1) is 12.8 Å². The third-order valence-corrected chi connectivity index (χ3v) is 5.21. The van der Waals surface area contributed by atoms with Gasteiger partial charge in [-0.2, -0.15) is 0 Å². The van der Waals surface area contributed by atoms with Crippen molar-refractivity contribution >= 4 is 53.0 Å². The molecule has 164 valence electrons. The lowest BCUT2D eigenvalue weighted by molar-refractivity contribution is 0.415. The number of rotatable bonds is 6. The lowest BCUT2D eigenvalue weighted by atomic mass is 10.2. The highest BCUT2D eigenvalue weighted by atomic mass is 127. The highest BCUT2D eigenvalue weighted by Gasteiger charge is 2.25. The molecule has 1 aromatic carbocycles. The Hall–Kier alpha value is -1.94. The smallest absolute Gasteiger partial charge is 0.191 e. The molecule has 0 radical (unpaired) electrons. The molecule has 0 saturated carbocycles. The summed E-state index contributed by atoms with van der Waals surface area (Å²) in [5, 5.41) is 7.64. The van der Waals surface area contributed by atoms with E-state index in [1.807, 2.05) is 49.5 Å². The van der Waals surface area contributed by atoms with Crippen LogP contribution in [0.3, 0.4) is 0 Å². The summed E-state index contributed by atoms with van der Waals surface area (Å²) in [5.74, 6) is 2.57. The number of aromatic nitrogens is 1. The Bertz CT molecular complexity index is 863. The van der Waals surface area contributed by atoms with Crippen LogP contribution in [0, 0.1) is 0 Å². The number of hydrogen-bond donors (Lipinski definition) is 2. The molecular formula is C21H30ClIN6O. The Morgan fingerprint density at radius 3 is 2.87 bits per heavy atom. The Morgan fingerprint density at radius 2 is 2.17 bits per heavy atom. The first-order valence-electron chi connectivity index (χ1n) is 9.68. The summed E-state index contributed by atoms with van der Waals surface area (Å²) in [6.45, 7) is 2.44. The fourth-order valence-corrected chi connectivity index (χ4v) is 3.71. The second-order valence-electron chi connectivity index (χ2n) is 7.20. The second-order valence-corrected chi connectivity index (χ2v) is 7.63. The summed E-state index contributed by atoms with van der Waals surface area (Å²) in [5.41, 5.74) is 2.15. The number of hydrogen-bond acceptors (Lipinski definition) is 5. The van der Waals surface area contributed by atoms with Gasteiger partial charge in [0.25, 0.3) is 0 Å². The van der Waals surface area contributed by atoms with E-state index >= 15 is 0 Å². The van der Waals surface area contributed by atoms with E-state index in [1.165, 1.54) is 0 Å². The maximum absolute atomic E-state index is 6.19. The maximum atomic E-state index is 6.19. The van der Waals surface area contributed by atoms with E-state index < -0.39 is 0 Å². The highest BCUT2D eigenvalue weighted by molar-refractivity contribution is 14.0. The zero-order valence-electron chi connectivity index (χ0n) is 17.9. The molecular weight excluding hydrogens is 515 g/mol. The van der Waals surface area contributed by atoms with Gasteiger partial charge in [0.1, 0.15) is 11.6 Å². The van der Waals surface area contributed by atoms with Crippen molar-refractivity contribution in [1.29, 1.82) is 0 Å². The minimum absolute atomic E-state index is 0. The molecule has 1 aromatic heterocycles. The number of pyridine rings is 1. The molecule has 1 aliphatic rings. The van der Waals surface area contributed by atoms with Gasteiger partial charge in [0.15, 0.2) is 5.96 Å². The minimum atomic E-state index is 0. The van der Waals surface area contributed by atoms with Crippen molar-refractivity contribution in [3.05, 3.63) is 47.1 Å². The van der Waals surface area contributed by atoms with E-state index in [2.05, 4.69) is 31.6 Å². The van der Waals surface area contributed by atoms with Gasteiger partial charge in [-0.25, -0.2) is 4.98 Å². The van der Waals surface area contributed by atoms with E-state index in [0.717, 1.165) is 48.3 Å². The van der Waals surface area contributed by atoms with Gasteiger partial charge in [-0.15, -0.1) is 24.0 Å². The number of ether oxygens (including phenoxy) is 1. The molecule has 2 heterocycles. The molecule has 0 spiro atoms. The molecule has 1 atom stereocenters. The third-order valence-electron chi connectivity index (χ3n) is 4.97. The number of benzene rings is 1. The quantitative estimate of drug-likeness (QED) is 0.330. The summed E-state index contributed by atoms with van der Waals surface area (Å²) in [7, 11) is 7.47. The third kappa shape index (κ3) is 6.04. The largest absolute Gasteiger partial charge is 0.495 e. The zero-order valence-corrected chi connectivity index (χ0v) is 20.9. The average molecular weight is 545 g/mol. The highest BCUT2D eigenvalue weighted by Crippen LogP contribution is 2.33. The van der Waals surface area contributed by atoms with Crippen LogP contribution in [-0.4, -0.2) is 58.3 Å². The van der Waals surface area contributed by atoms with Gasteiger partial charge in [-0.05, 0) is 30.7 Å². The fourth-order valence-electron chi connectivity index (χ4n) is 3.55. The molecule has 30 heavy (non-hydrogen) atoms. The van der Waals surface area contributed by atoms with Crippen molar-refractivity contribution in [2.45, 2.75) is 19.0 Å². The number of nitrogens with zero attached hydrogens (tertiary/aromatic N) is 4. The number of guanidine groups is 1. The standard InChI is InChI=1S/C21H29ClN6O.HI/c1-23-21(25-13-15-6-5-10-24-20(15)27(2)3)26-17-9-11-28(14-17)18-12-16(22)7-8-19(18)29-4;/h5-8,10,12,17H,9,11,13-14H2,1-4H3,(H2,23,25,26);1H. The van der Waals surface area contributed by atoms with Crippen LogP contribution in [0.15, 0.2) is 41.5 Å². The molecule has 1 saturated heterocycles. The van der Waals surface area contributed by atoms with Crippen LogP contribution in [0.4, 0.5) is 11.5 Å². The van der Waals surface area contributed by atoms with E-state index in [4.69, 9.17) is 16.3 Å². The van der Waals surface area contributed by atoms with Crippen LogP contribution in [0.5, 0.6) is 5.75 Å². The number of nitrogens with one attached hydrogen (secondary N) is 2. The zero-order chi connectivity index (χ0) is 20.8. The number of halogens is 2. The SMILES string of the molecule is CN=C(NCc1cccnc1N(C)C)NC1CCN(c2cc(Cl)ccc2OC)C1.I. The number of anilines is 2. The van der Waals surface area contributed by atoms with Crippen molar-refractivity contribution in [1.82, 2.24) is 15.6 Å². The van der Waals surface area contributed by atoms with Crippen LogP contribution in [0.25, 0.3) is 0 Å². The molecule has 1 unspecified atom stereocenters. The van der Waals surface area contributed by atoms with Crippen molar-refractivity contribution in [2.24, 2.45) is 4.99 Å². The molecule has 1 fully saturated rings. The fraction of sp³-hybridized carbons (Fsp3) is 0.429. The Kier molecular flexibility index (Phi) is 9.29. The normalized spacial score (nSPS) is 16.1. The molecule has 9 heteroatoms. The molecule has 2 aromatic rings. The summed E-state index contributed by atoms with van der Waals surface area (Å²) >= 11 is 6.19. The van der Waals surface area contributed by atoms with Gasteiger partial charge in [0, 0.05) is 63.6 Å². The molecule has 0 aliphatic carbocycles. The first kappa shape index (κ1) is 24.3. The van der Waals surface area contributed by atoms with E-state index in [1.54, 1.807) is 14.2 Å². The van der Waals surface area contributed by atoms with Crippen LogP contribution < -0.4 is 25.2 Å². The summed E-state index contributed by atoms with van der Waals surface area (Å²) < 4.78 is 5.50. The van der Waals surface area contributed by atoms with Crippen molar-refractivity contribution in [2.75, 3.05) is 51.1 Å². The summed E-state index contributed by atoms with van der Waals surface area (Å²) in [6, 6.07) is 10.0. The van der Waals surface area contributed by atoms with Crippen molar-refractivity contribution in [3.63, 3.8) is 0 Å². The van der Waals surface area contributed by atoms with E-state index in [0.29, 0.717) is 11.6 Å². The van der Waals surface area contributed by atoms with Crippen LogP contribution >= 0.6 is 35.6 Å². The predicted molar refractivity (Wildman–Crippen MR) is 136 cm³/mol. The Morgan fingerprint density at radius 1 is 1.37 bits per heavy atom. The predicted octanol–water partition coefficient (Wildman–Crippen LogP) is 3.37. The topological polar surface area (TPSA) is 65.0 Å². The minimum Gasteiger partial charge on any atom is -0.495 e. The molecule has 0 bridgehead atoms. The van der Waals surface area contributed by atoms with Gasteiger partial charge in [-0.3, -0.25) is 4.99 Å². The first-order chi connectivity index (χ1) is 14.0. The van der Waals surface area contributed by atoms with Crippen molar-refractivity contribution in [3.8, 4) is 5.75 Å². The van der Waals surface area contributed by atoms with Gasteiger partial charge < -0.3 is 25.2 Å². The van der Waals surface area contributed by atoms with Crippen molar-refractivity contribution < 1.29 is 4.74 Å². The molecule has 3 rings (SSSR count). The van der Waals surface area contributed by atoms with Gasteiger partial charge in [-0.1, -0.05) is 17.7 Å². The Balaban J connectivity index is 0.00000320. The van der Waals surface area contributed by atoms with E-state index in [9.17, 15) is 0 Å². The Labute approximate surface area is 200 Å². The van der Waals surface area contributed by atoms with Crippen LogP contribution in [-0.2, 0) is 6.54 Å².